The molecule has 3 aromatic rings. The van der Waals surface area contributed by atoms with Gasteiger partial charge in [0.05, 0.1) is 5.69 Å². The Labute approximate surface area is 118 Å². The summed E-state index contributed by atoms with van der Waals surface area (Å²) in [5, 5.41) is 5.58. The van der Waals surface area contributed by atoms with E-state index in [1.807, 2.05) is 26.5 Å². The molecule has 4 heteroatoms. The van der Waals surface area contributed by atoms with Crippen molar-refractivity contribution >= 4 is 10.8 Å². The molecule has 3 rings (SSSR count). The molecule has 20 heavy (non-hydrogen) atoms. The maximum atomic E-state index is 4.65. The number of pyridine rings is 1. The average molecular weight is 266 g/mol. The fourth-order valence-corrected chi connectivity index (χ4v) is 2.47. The molecule has 0 aliphatic carbocycles. The maximum absolute atomic E-state index is 4.65. The minimum atomic E-state index is 0.815. The third kappa shape index (κ3) is 1.98. The van der Waals surface area contributed by atoms with E-state index < -0.39 is 0 Å². The molecular formula is C16H18N4. The Morgan fingerprint density at radius 2 is 1.85 bits per heavy atom. The molecule has 0 aliphatic rings. The van der Waals surface area contributed by atoms with Crippen molar-refractivity contribution in [3.63, 3.8) is 0 Å². The number of nitrogens with zero attached hydrogens (tertiary/aromatic N) is 3. The van der Waals surface area contributed by atoms with Crippen LogP contribution in [0.2, 0.25) is 0 Å². The van der Waals surface area contributed by atoms with E-state index in [0.29, 0.717) is 0 Å². The van der Waals surface area contributed by atoms with E-state index in [2.05, 4.69) is 51.0 Å². The molecule has 1 aromatic carbocycles. The molecule has 0 amide bonds. The van der Waals surface area contributed by atoms with Crippen molar-refractivity contribution in [3.8, 4) is 5.82 Å². The van der Waals surface area contributed by atoms with Gasteiger partial charge in [-0.2, -0.15) is 0 Å². The van der Waals surface area contributed by atoms with E-state index in [1.165, 1.54) is 10.9 Å². The first-order chi connectivity index (χ1) is 9.72. The number of hydrogen-bond donors (Lipinski definition) is 1. The smallest absolute Gasteiger partial charge is 0.145 e. The highest BCUT2D eigenvalue weighted by molar-refractivity contribution is 5.91. The zero-order chi connectivity index (χ0) is 14.1. The van der Waals surface area contributed by atoms with Crippen LogP contribution >= 0.6 is 0 Å². The first-order valence-corrected chi connectivity index (χ1v) is 6.74. The lowest BCUT2D eigenvalue weighted by atomic mass is 10.1. The summed E-state index contributed by atoms with van der Waals surface area (Å²) in [6.45, 7) is 4.90. The monoisotopic (exact) mass is 266 g/mol. The van der Waals surface area contributed by atoms with Gasteiger partial charge >= 0.3 is 0 Å². The fraction of sp³-hybridized carbons (Fsp3) is 0.250. The van der Waals surface area contributed by atoms with Crippen molar-refractivity contribution < 1.29 is 0 Å². The lowest BCUT2D eigenvalue weighted by Crippen LogP contribution is -2.08. The first kappa shape index (κ1) is 12.8. The molecule has 0 saturated carbocycles. The maximum Gasteiger partial charge on any atom is 0.145 e. The second-order valence-corrected chi connectivity index (χ2v) is 4.97. The summed E-state index contributed by atoms with van der Waals surface area (Å²) in [7, 11) is 1.95. The van der Waals surface area contributed by atoms with E-state index in [0.717, 1.165) is 29.1 Å². The van der Waals surface area contributed by atoms with Crippen LogP contribution < -0.4 is 5.32 Å². The number of nitrogens with one attached hydrogen (secondary N) is 1. The Balaban J connectivity index is 2.28. The molecule has 0 bridgehead atoms. The Morgan fingerprint density at radius 1 is 1.10 bits per heavy atom. The Hall–Kier alpha value is -2.20. The molecule has 0 saturated heterocycles. The van der Waals surface area contributed by atoms with Crippen LogP contribution in [0.1, 0.15) is 17.0 Å². The standard InChI is InChI=1S/C16H18N4/c1-11-12(2)20(10-19-11)16-15-7-5-4-6-14(15)13(8-17-3)9-18-16/h4-7,9-10,17H,8H2,1-3H3. The summed E-state index contributed by atoms with van der Waals surface area (Å²) < 4.78 is 2.06. The highest BCUT2D eigenvalue weighted by atomic mass is 15.1. The van der Waals surface area contributed by atoms with Gasteiger partial charge in [-0.25, -0.2) is 9.97 Å². The predicted molar refractivity (Wildman–Crippen MR) is 81.1 cm³/mol. The zero-order valence-electron chi connectivity index (χ0n) is 12.0. The van der Waals surface area contributed by atoms with Gasteiger partial charge in [-0.1, -0.05) is 24.3 Å². The summed E-state index contributed by atoms with van der Waals surface area (Å²) in [4.78, 5) is 9.02. The number of rotatable bonds is 3. The van der Waals surface area contributed by atoms with Crippen molar-refractivity contribution in [2.24, 2.45) is 0 Å². The first-order valence-electron chi connectivity index (χ1n) is 6.74. The van der Waals surface area contributed by atoms with Crippen molar-refractivity contribution in [1.82, 2.24) is 19.9 Å². The molecule has 0 radical (unpaired) electrons. The van der Waals surface area contributed by atoms with Crippen molar-refractivity contribution in [1.29, 1.82) is 0 Å². The van der Waals surface area contributed by atoms with Gasteiger partial charge in [0.15, 0.2) is 0 Å². The zero-order valence-corrected chi connectivity index (χ0v) is 12.0. The third-order valence-corrected chi connectivity index (χ3v) is 3.70. The van der Waals surface area contributed by atoms with E-state index in [1.54, 1.807) is 0 Å². The molecule has 0 aliphatic heterocycles. The molecule has 0 fully saturated rings. The molecule has 2 heterocycles. The summed E-state index contributed by atoms with van der Waals surface area (Å²) in [5.74, 6) is 0.943. The van der Waals surface area contributed by atoms with Gasteiger partial charge in [-0.05, 0) is 31.8 Å². The number of hydrogen-bond acceptors (Lipinski definition) is 3. The highest BCUT2D eigenvalue weighted by Crippen LogP contribution is 2.25. The van der Waals surface area contributed by atoms with Gasteiger partial charge in [0, 0.05) is 23.8 Å². The molecule has 2 aromatic heterocycles. The molecule has 0 atom stereocenters. The van der Waals surface area contributed by atoms with Crippen LogP contribution in [0.5, 0.6) is 0 Å². The minimum absolute atomic E-state index is 0.815. The number of aromatic nitrogens is 3. The van der Waals surface area contributed by atoms with Crippen LogP contribution in [-0.4, -0.2) is 21.6 Å². The number of fused-ring (bicyclic) bond motifs is 1. The third-order valence-electron chi connectivity index (χ3n) is 3.70. The summed E-state index contributed by atoms with van der Waals surface area (Å²) in [6, 6.07) is 8.38. The summed E-state index contributed by atoms with van der Waals surface area (Å²) in [6.07, 6.45) is 3.79. The summed E-state index contributed by atoms with van der Waals surface area (Å²) in [5.41, 5.74) is 3.38. The molecule has 1 N–H and O–H groups in total. The number of aryl methyl sites for hydroxylation is 1. The van der Waals surface area contributed by atoms with Crippen LogP contribution in [0, 0.1) is 13.8 Å². The van der Waals surface area contributed by atoms with Crippen molar-refractivity contribution in [2.45, 2.75) is 20.4 Å². The van der Waals surface area contributed by atoms with Crippen molar-refractivity contribution in [2.75, 3.05) is 7.05 Å². The Kier molecular flexibility index (Phi) is 3.24. The normalized spacial score (nSPS) is 11.2. The second kappa shape index (κ2) is 5.06. The van der Waals surface area contributed by atoms with Crippen LogP contribution in [0.4, 0.5) is 0 Å². The molecule has 102 valence electrons. The highest BCUT2D eigenvalue weighted by Gasteiger charge is 2.11. The topological polar surface area (TPSA) is 42.7 Å². The van der Waals surface area contributed by atoms with Crippen LogP contribution in [0.15, 0.2) is 36.8 Å². The van der Waals surface area contributed by atoms with E-state index in [4.69, 9.17) is 0 Å². The van der Waals surface area contributed by atoms with Gasteiger partial charge in [-0.15, -0.1) is 0 Å². The SMILES string of the molecule is CNCc1cnc(-n2cnc(C)c2C)c2ccccc12. The molecule has 0 spiro atoms. The largest absolute Gasteiger partial charge is 0.316 e. The Morgan fingerprint density at radius 3 is 2.50 bits per heavy atom. The molecule has 4 nitrogen and oxygen atoms in total. The van der Waals surface area contributed by atoms with E-state index in [-0.39, 0.29) is 0 Å². The van der Waals surface area contributed by atoms with Crippen LogP contribution in [0.25, 0.3) is 16.6 Å². The fourth-order valence-electron chi connectivity index (χ4n) is 2.47. The van der Waals surface area contributed by atoms with Gasteiger partial charge in [0.2, 0.25) is 0 Å². The quantitative estimate of drug-likeness (QED) is 0.792. The van der Waals surface area contributed by atoms with Crippen LogP contribution in [0.3, 0.4) is 0 Å². The summed E-state index contributed by atoms with van der Waals surface area (Å²) >= 11 is 0. The second-order valence-electron chi connectivity index (χ2n) is 4.97. The van der Waals surface area contributed by atoms with Crippen molar-refractivity contribution in [3.05, 3.63) is 53.7 Å². The lowest BCUT2D eigenvalue weighted by Gasteiger charge is -2.12. The lowest BCUT2D eigenvalue weighted by molar-refractivity contribution is 0.817. The van der Waals surface area contributed by atoms with E-state index in [9.17, 15) is 0 Å². The van der Waals surface area contributed by atoms with Gasteiger partial charge in [-0.3, -0.25) is 4.57 Å². The van der Waals surface area contributed by atoms with Gasteiger partial charge in [0.1, 0.15) is 12.1 Å². The predicted octanol–water partition coefficient (Wildman–Crippen LogP) is 2.76. The minimum Gasteiger partial charge on any atom is -0.316 e. The molecule has 0 unspecified atom stereocenters. The number of imidazole rings is 1. The Bertz CT molecular complexity index is 758. The van der Waals surface area contributed by atoms with Gasteiger partial charge < -0.3 is 5.32 Å². The average Bonchev–Trinajstić information content (AvgIpc) is 2.80. The van der Waals surface area contributed by atoms with Gasteiger partial charge in [0.25, 0.3) is 0 Å². The number of benzene rings is 1. The molecular weight excluding hydrogens is 248 g/mol. The van der Waals surface area contributed by atoms with Crippen LogP contribution in [-0.2, 0) is 6.54 Å². The van der Waals surface area contributed by atoms with E-state index >= 15 is 0 Å².